The van der Waals surface area contributed by atoms with Crippen LogP contribution >= 0.6 is 0 Å². The maximum atomic E-state index is 10.4. The average Bonchev–Trinajstić information content (AvgIpc) is 2.30. The molecule has 0 atom stereocenters. The molecule has 10 heavy (non-hydrogen) atoms. The highest BCUT2D eigenvalue weighted by atomic mass is 16.1. The van der Waals surface area contributed by atoms with Crippen LogP contribution in [0.4, 0.5) is 0 Å². The molecular formula is C7H10N2O. The summed E-state index contributed by atoms with van der Waals surface area (Å²) in [4.78, 5) is 10.4. The molecule has 0 N–H and O–H groups in total. The summed E-state index contributed by atoms with van der Waals surface area (Å²) in [6, 6.07) is 0. The Morgan fingerprint density at radius 3 is 2.90 bits per heavy atom. The first kappa shape index (κ1) is 6.99. The maximum Gasteiger partial charge on any atom is 0.168 e. The molecule has 0 fully saturated rings. The van der Waals surface area contributed by atoms with Crippen LogP contribution in [-0.2, 0) is 13.5 Å². The van der Waals surface area contributed by atoms with E-state index in [0.29, 0.717) is 5.69 Å². The minimum absolute atomic E-state index is 0.683. The second-order valence-corrected chi connectivity index (χ2v) is 2.15. The van der Waals surface area contributed by atoms with Crippen molar-refractivity contribution in [3.8, 4) is 0 Å². The van der Waals surface area contributed by atoms with Crippen molar-refractivity contribution in [3.63, 3.8) is 0 Å². The minimum atomic E-state index is 0.683. The summed E-state index contributed by atoms with van der Waals surface area (Å²) in [5.74, 6) is 0. The SMILES string of the molecule is CCc1cnn(C)c1C=O. The Labute approximate surface area is 59.7 Å². The summed E-state index contributed by atoms with van der Waals surface area (Å²) >= 11 is 0. The van der Waals surface area contributed by atoms with Gasteiger partial charge in [-0.2, -0.15) is 5.10 Å². The van der Waals surface area contributed by atoms with Crippen LogP contribution < -0.4 is 0 Å². The van der Waals surface area contributed by atoms with Crippen LogP contribution in [0.15, 0.2) is 6.20 Å². The van der Waals surface area contributed by atoms with Crippen molar-refractivity contribution >= 4 is 6.29 Å². The van der Waals surface area contributed by atoms with Crippen LogP contribution in [0, 0.1) is 0 Å². The Bertz CT molecular complexity index is 240. The molecule has 0 aliphatic rings. The maximum absolute atomic E-state index is 10.4. The Hall–Kier alpha value is -1.12. The zero-order chi connectivity index (χ0) is 7.56. The molecule has 0 aliphatic heterocycles. The van der Waals surface area contributed by atoms with E-state index in [1.54, 1.807) is 17.9 Å². The van der Waals surface area contributed by atoms with Crippen LogP contribution in [0.25, 0.3) is 0 Å². The van der Waals surface area contributed by atoms with Gasteiger partial charge < -0.3 is 0 Å². The molecule has 54 valence electrons. The number of carbonyl (C=O) groups excluding carboxylic acids is 1. The van der Waals surface area contributed by atoms with Gasteiger partial charge in [0.1, 0.15) is 5.69 Å². The molecule has 0 aliphatic carbocycles. The van der Waals surface area contributed by atoms with Gasteiger partial charge in [0.2, 0.25) is 0 Å². The van der Waals surface area contributed by atoms with E-state index in [0.717, 1.165) is 18.3 Å². The van der Waals surface area contributed by atoms with E-state index in [2.05, 4.69) is 5.10 Å². The Kier molecular flexibility index (Phi) is 1.85. The van der Waals surface area contributed by atoms with Crippen molar-refractivity contribution in [3.05, 3.63) is 17.5 Å². The highest BCUT2D eigenvalue weighted by Gasteiger charge is 2.03. The number of carbonyl (C=O) groups is 1. The Morgan fingerprint density at radius 1 is 1.80 bits per heavy atom. The van der Waals surface area contributed by atoms with E-state index in [-0.39, 0.29) is 0 Å². The summed E-state index contributed by atoms with van der Waals surface area (Å²) < 4.78 is 1.59. The zero-order valence-electron chi connectivity index (χ0n) is 6.16. The standard InChI is InChI=1S/C7H10N2O/c1-3-6-4-8-9(2)7(6)5-10/h4-5H,3H2,1-2H3. The van der Waals surface area contributed by atoms with Crippen LogP contribution in [0.2, 0.25) is 0 Å². The number of aldehydes is 1. The first-order valence-corrected chi connectivity index (χ1v) is 3.25. The van der Waals surface area contributed by atoms with Gasteiger partial charge in [-0.25, -0.2) is 0 Å². The van der Waals surface area contributed by atoms with Gasteiger partial charge in [-0.05, 0) is 6.42 Å². The average molecular weight is 138 g/mol. The molecule has 0 radical (unpaired) electrons. The van der Waals surface area contributed by atoms with Crippen LogP contribution in [-0.4, -0.2) is 16.1 Å². The number of hydrogen-bond donors (Lipinski definition) is 0. The van der Waals surface area contributed by atoms with Gasteiger partial charge >= 0.3 is 0 Å². The molecule has 1 aromatic heterocycles. The summed E-state index contributed by atoms with van der Waals surface area (Å²) in [5.41, 5.74) is 1.69. The predicted octanol–water partition coefficient (Wildman–Crippen LogP) is 0.795. The third-order valence-electron chi connectivity index (χ3n) is 1.56. The van der Waals surface area contributed by atoms with E-state index in [1.165, 1.54) is 0 Å². The van der Waals surface area contributed by atoms with Gasteiger partial charge in [0, 0.05) is 12.6 Å². The first-order chi connectivity index (χ1) is 4.79. The fourth-order valence-electron chi connectivity index (χ4n) is 0.917. The van der Waals surface area contributed by atoms with E-state index in [1.807, 2.05) is 6.92 Å². The molecule has 3 nitrogen and oxygen atoms in total. The number of nitrogens with zero attached hydrogens (tertiary/aromatic N) is 2. The Morgan fingerprint density at radius 2 is 2.50 bits per heavy atom. The molecule has 0 unspecified atom stereocenters. The van der Waals surface area contributed by atoms with Crippen molar-refractivity contribution in [1.82, 2.24) is 9.78 Å². The van der Waals surface area contributed by atoms with Gasteiger partial charge in [-0.15, -0.1) is 0 Å². The lowest BCUT2D eigenvalue weighted by Gasteiger charge is -1.92. The van der Waals surface area contributed by atoms with Crippen LogP contribution in [0.5, 0.6) is 0 Å². The van der Waals surface area contributed by atoms with E-state index >= 15 is 0 Å². The molecule has 0 bridgehead atoms. The molecule has 1 rings (SSSR count). The van der Waals surface area contributed by atoms with Crippen molar-refractivity contribution < 1.29 is 4.79 Å². The topological polar surface area (TPSA) is 34.9 Å². The van der Waals surface area contributed by atoms with E-state index in [9.17, 15) is 4.79 Å². The molecule has 1 heterocycles. The highest BCUT2D eigenvalue weighted by Crippen LogP contribution is 2.03. The largest absolute Gasteiger partial charge is 0.296 e. The third-order valence-corrected chi connectivity index (χ3v) is 1.56. The lowest BCUT2D eigenvalue weighted by atomic mass is 10.2. The van der Waals surface area contributed by atoms with Crippen molar-refractivity contribution in [2.45, 2.75) is 13.3 Å². The van der Waals surface area contributed by atoms with Crippen LogP contribution in [0.1, 0.15) is 23.0 Å². The molecular weight excluding hydrogens is 128 g/mol. The quantitative estimate of drug-likeness (QED) is 0.566. The lowest BCUT2D eigenvalue weighted by molar-refractivity contribution is 0.111. The van der Waals surface area contributed by atoms with Gasteiger partial charge in [-0.1, -0.05) is 6.92 Å². The lowest BCUT2D eigenvalue weighted by Crippen LogP contribution is -1.97. The highest BCUT2D eigenvalue weighted by molar-refractivity contribution is 5.74. The molecule has 0 amide bonds. The van der Waals surface area contributed by atoms with E-state index in [4.69, 9.17) is 0 Å². The third kappa shape index (κ3) is 0.943. The van der Waals surface area contributed by atoms with Crippen molar-refractivity contribution in [2.24, 2.45) is 7.05 Å². The summed E-state index contributed by atoms with van der Waals surface area (Å²) in [7, 11) is 1.77. The minimum Gasteiger partial charge on any atom is -0.296 e. The summed E-state index contributed by atoms with van der Waals surface area (Å²) in [6.45, 7) is 2.00. The molecule has 0 saturated carbocycles. The Balaban J connectivity index is 3.12. The summed E-state index contributed by atoms with van der Waals surface area (Å²) in [6.07, 6.45) is 3.43. The van der Waals surface area contributed by atoms with Gasteiger partial charge in [0.05, 0.1) is 6.20 Å². The van der Waals surface area contributed by atoms with Crippen molar-refractivity contribution in [2.75, 3.05) is 0 Å². The predicted molar refractivity (Wildman–Crippen MR) is 38.0 cm³/mol. The molecule has 3 heteroatoms. The summed E-state index contributed by atoms with van der Waals surface area (Å²) in [5, 5.41) is 3.94. The molecule has 0 aromatic carbocycles. The van der Waals surface area contributed by atoms with Gasteiger partial charge in [-0.3, -0.25) is 9.48 Å². The molecule has 1 aromatic rings. The monoisotopic (exact) mass is 138 g/mol. The normalized spacial score (nSPS) is 9.80. The number of aromatic nitrogens is 2. The molecule has 0 spiro atoms. The zero-order valence-corrected chi connectivity index (χ0v) is 6.16. The molecule has 0 saturated heterocycles. The second kappa shape index (κ2) is 2.64. The van der Waals surface area contributed by atoms with Crippen LogP contribution in [0.3, 0.4) is 0 Å². The van der Waals surface area contributed by atoms with Crippen molar-refractivity contribution in [1.29, 1.82) is 0 Å². The number of hydrogen-bond acceptors (Lipinski definition) is 2. The van der Waals surface area contributed by atoms with Gasteiger partial charge in [0.15, 0.2) is 6.29 Å². The fourth-order valence-corrected chi connectivity index (χ4v) is 0.917. The fraction of sp³-hybridized carbons (Fsp3) is 0.429. The number of aryl methyl sites for hydroxylation is 2. The second-order valence-electron chi connectivity index (χ2n) is 2.15. The first-order valence-electron chi connectivity index (χ1n) is 3.25. The van der Waals surface area contributed by atoms with Gasteiger partial charge in [0.25, 0.3) is 0 Å². The van der Waals surface area contributed by atoms with E-state index < -0.39 is 0 Å². The smallest absolute Gasteiger partial charge is 0.168 e. The number of rotatable bonds is 2.